The number of carbonyl (C=O) groups is 1. The number of ketones is 1. The normalized spacial score (nSPS) is 11.4. The number of hydrogen-bond acceptors (Lipinski definition) is 3. The fourth-order valence-corrected chi connectivity index (χ4v) is 3.78. The molecule has 5 rings (SSSR count). The smallest absolute Gasteiger partial charge is 0.188 e. The Morgan fingerprint density at radius 3 is 2.58 bits per heavy atom. The molecule has 0 fully saturated rings. The number of aromatic amines is 1. The number of hydrogen-bond donors (Lipinski definition) is 1. The molecule has 0 saturated carbocycles. The summed E-state index contributed by atoms with van der Waals surface area (Å²) in [5, 5.41) is 1.97. The number of allylic oxidation sites excluding steroid dienone is 1. The van der Waals surface area contributed by atoms with Gasteiger partial charge in [0.1, 0.15) is 5.75 Å². The lowest BCUT2D eigenvalue weighted by molar-refractivity contribution is 0.104. The molecular formula is C27H20N2O2. The molecule has 31 heavy (non-hydrogen) atoms. The minimum Gasteiger partial charge on any atom is -0.497 e. The zero-order valence-corrected chi connectivity index (χ0v) is 17.0. The molecule has 0 bridgehead atoms. The maximum Gasteiger partial charge on any atom is 0.188 e. The van der Waals surface area contributed by atoms with Crippen LogP contribution in [0, 0.1) is 0 Å². The average molecular weight is 404 g/mol. The predicted octanol–water partition coefficient (Wildman–Crippen LogP) is 6.29. The number of ether oxygens (including phenoxy) is 1. The van der Waals surface area contributed by atoms with Crippen molar-refractivity contribution in [1.29, 1.82) is 0 Å². The molecule has 0 unspecified atom stereocenters. The molecule has 0 aliphatic heterocycles. The predicted molar refractivity (Wildman–Crippen MR) is 125 cm³/mol. The summed E-state index contributed by atoms with van der Waals surface area (Å²) in [7, 11) is 1.65. The Morgan fingerprint density at radius 2 is 1.74 bits per heavy atom. The molecule has 2 aromatic heterocycles. The van der Waals surface area contributed by atoms with E-state index in [1.54, 1.807) is 25.5 Å². The number of pyridine rings is 1. The summed E-state index contributed by atoms with van der Waals surface area (Å²) in [6.45, 7) is 0. The van der Waals surface area contributed by atoms with Crippen LogP contribution in [0.1, 0.15) is 16.1 Å². The van der Waals surface area contributed by atoms with E-state index in [1.807, 2.05) is 72.8 Å². The third-order valence-corrected chi connectivity index (χ3v) is 5.40. The van der Waals surface area contributed by atoms with E-state index in [0.29, 0.717) is 5.56 Å². The van der Waals surface area contributed by atoms with Crippen LogP contribution in [0.3, 0.4) is 0 Å². The molecule has 0 aliphatic carbocycles. The molecule has 4 nitrogen and oxygen atoms in total. The highest BCUT2D eigenvalue weighted by atomic mass is 16.5. The van der Waals surface area contributed by atoms with Crippen molar-refractivity contribution < 1.29 is 9.53 Å². The lowest BCUT2D eigenvalue weighted by Crippen LogP contribution is -1.94. The summed E-state index contributed by atoms with van der Waals surface area (Å²) in [6, 6.07) is 25.7. The number of para-hydroxylation sites is 2. The fraction of sp³-hybridized carbons (Fsp3) is 0.0370. The van der Waals surface area contributed by atoms with E-state index < -0.39 is 0 Å². The van der Waals surface area contributed by atoms with Gasteiger partial charge < -0.3 is 9.72 Å². The molecule has 0 radical (unpaired) electrons. The summed E-state index contributed by atoms with van der Waals surface area (Å²) in [5.41, 5.74) is 5.21. The molecule has 0 atom stereocenters. The minimum atomic E-state index is -0.0620. The Hall–Kier alpha value is -4.18. The molecule has 1 N–H and O–H groups in total. The summed E-state index contributed by atoms with van der Waals surface area (Å²) in [5.74, 6) is 0.734. The van der Waals surface area contributed by atoms with Gasteiger partial charge in [-0.15, -0.1) is 0 Å². The van der Waals surface area contributed by atoms with Crippen molar-refractivity contribution >= 4 is 33.7 Å². The van der Waals surface area contributed by atoms with Crippen molar-refractivity contribution in [1.82, 2.24) is 9.97 Å². The topological polar surface area (TPSA) is 55.0 Å². The van der Waals surface area contributed by atoms with Gasteiger partial charge in [-0.3, -0.25) is 4.79 Å². The third-order valence-electron chi connectivity index (χ3n) is 5.40. The average Bonchev–Trinajstić information content (AvgIpc) is 3.26. The van der Waals surface area contributed by atoms with Crippen LogP contribution >= 0.6 is 0 Å². The molecule has 0 amide bonds. The van der Waals surface area contributed by atoms with E-state index in [0.717, 1.165) is 44.4 Å². The fourth-order valence-electron chi connectivity index (χ4n) is 3.78. The second-order valence-electron chi connectivity index (χ2n) is 7.29. The van der Waals surface area contributed by atoms with Gasteiger partial charge >= 0.3 is 0 Å². The van der Waals surface area contributed by atoms with E-state index in [4.69, 9.17) is 9.72 Å². The van der Waals surface area contributed by atoms with Gasteiger partial charge in [0.15, 0.2) is 5.78 Å². The highest BCUT2D eigenvalue weighted by Crippen LogP contribution is 2.29. The molecule has 3 aromatic carbocycles. The van der Waals surface area contributed by atoms with Crippen LogP contribution in [0.2, 0.25) is 0 Å². The SMILES string of the molecule is COc1ccc(-c2cc3ccccc3nc2/C=C/C(=O)c2c[nH]c3ccccc23)cc1. The number of H-pyrrole nitrogens is 1. The molecule has 0 spiro atoms. The third kappa shape index (κ3) is 3.60. The van der Waals surface area contributed by atoms with Gasteiger partial charge in [0.2, 0.25) is 0 Å². The number of nitrogens with one attached hydrogen (secondary N) is 1. The highest BCUT2D eigenvalue weighted by Gasteiger charge is 2.11. The van der Waals surface area contributed by atoms with Crippen LogP contribution in [0.15, 0.2) is 91.1 Å². The number of methoxy groups -OCH3 is 1. The van der Waals surface area contributed by atoms with Gasteiger partial charge in [0.05, 0.1) is 18.3 Å². The number of rotatable bonds is 5. The molecular weight excluding hydrogens is 384 g/mol. The van der Waals surface area contributed by atoms with Crippen LogP contribution in [0.25, 0.3) is 39.0 Å². The quantitative estimate of drug-likeness (QED) is 0.277. The maximum absolute atomic E-state index is 12.9. The molecule has 0 saturated heterocycles. The van der Waals surface area contributed by atoms with Crippen LogP contribution in [0.5, 0.6) is 5.75 Å². The number of benzene rings is 3. The first-order chi connectivity index (χ1) is 15.2. The molecule has 0 aliphatic rings. The number of fused-ring (bicyclic) bond motifs is 2. The Bertz CT molecular complexity index is 1430. The highest BCUT2D eigenvalue weighted by molar-refractivity contribution is 6.14. The first-order valence-corrected chi connectivity index (χ1v) is 10.1. The van der Waals surface area contributed by atoms with Gasteiger partial charge in [-0.1, -0.05) is 48.5 Å². The van der Waals surface area contributed by atoms with Crippen molar-refractivity contribution in [2.45, 2.75) is 0 Å². The Morgan fingerprint density at radius 1 is 0.968 bits per heavy atom. The first-order valence-electron chi connectivity index (χ1n) is 10.1. The second-order valence-corrected chi connectivity index (χ2v) is 7.29. The van der Waals surface area contributed by atoms with Crippen molar-refractivity contribution in [2.24, 2.45) is 0 Å². The van der Waals surface area contributed by atoms with E-state index in [2.05, 4.69) is 11.1 Å². The van der Waals surface area contributed by atoms with Gasteiger partial charge in [0, 0.05) is 33.6 Å². The van der Waals surface area contributed by atoms with E-state index >= 15 is 0 Å². The standard InChI is InChI=1S/C27H20N2O2/c1-31-20-12-10-18(11-13-20)22-16-19-6-2-4-8-24(19)29-26(22)14-15-27(30)23-17-28-25-9-5-3-7-21(23)25/h2-17,28H,1H3/b15-14+. The van der Waals surface area contributed by atoms with Crippen LogP contribution in [0.4, 0.5) is 0 Å². The zero-order chi connectivity index (χ0) is 21.2. The van der Waals surface area contributed by atoms with Crippen LogP contribution in [-0.2, 0) is 0 Å². The van der Waals surface area contributed by atoms with Crippen molar-refractivity contribution in [2.75, 3.05) is 7.11 Å². The summed E-state index contributed by atoms with van der Waals surface area (Å²) >= 11 is 0. The largest absolute Gasteiger partial charge is 0.497 e. The van der Waals surface area contributed by atoms with Crippen molar-refractivity contribution in [3.63, 3.8) is 0 Å². The number of nitrogens with zero attached hydrogens (tertiary/aromatic N) is 1. The van der Waals surface area contributed by atoms with Crippen LogP contribution < -0.4 is 4.74 Å². The first kappa shape index (κ1) is 18.8. The van der Waals surface area contributed by atoms with Gasteiger partial charge in [0.25, 0.3) is 0 Å². The molecule has 150 valence electrons. The molecule has 2 heterocycles. The van der Waals surface area contributed by atoms with Gasteiger partial charge in [-0.25, -0.2) is 4.98 Å². The maximum atomic E-state index is 12.9. The molecule has 4 heteroatoms. The van der Waals surface area contributed by atoms with E-state index in [9.17, 15) is 4.79 Å². The summed E-state index contributed by atoms with van der Waals surface area (Å²) in [4.78, 5) is 20.9. The Balaban J connectivity index is 1.58. The number of aromatic nitrogens is 2. The lowest BCUT2D eigenvalue weighted by Gasteiger charge is -2.09. The van der Waals surface area contributed by atoms with E-state index in [-0.39, 0.29) is 5.78 Å². The van der Waals surface area contributed by atoms with Crippen molar-refractivity contribution in [3.05, 3.63) is 102 Å². The van der Waals surface area contributed by atoms with Gasteiger partial charge in [-0.2, -0.15) is 0 Å². The minimum absolute atomic E-state index is 0.0620. The van der Waals surface area contributed by atoms with Crippen molar-refractivity contribution in [3.8, 4) is 16.9 Å². The lowest BCUT2D eigenvalue weighted by atomic mass is 10.0. The molecule has 5 aromatic rings. The second kappa shape index (κ2) is 7.92. The Kier molecular flexibility index (Phi) is 4.81. The summed E-state index contributed by atoms with van der Waals surface area (Å²) < 4.78 is 5.28. The monoisotopic (exact) mass is 404 g/mol. The number of carbonyl (C=O) groups excluding carboxylic acids is 1. The van der Waals surface area contributed by atoms with Crippen LogP contribution in [-0.4, -0.2) is 22.9 Å². The summed E-state index contributed by atoms with van der Waals surface area (Å²) in [6.07, 6.45) is 5.16. The Labute approximate surface area is 179 Å². The zero-order valence-electron chi connectivity index (χ0n) is 17.0. The van der Waals surface area contributed by atoms with Gasteiger partial charge in [-0.05, 0) is 48.0 Å². The van der Waals surface area contributed by atoms with E-state index in [1.165, 1.54) is 0 Å².